The lowest BCUT2D eigenvalue weighted by molar-refractivity contribution is 0.716. The lowest BCUT2D eigenvalue weighted by atomic mass is 10.0. The highest BCUT2D eigenvalue weighted by molar-refractivity contribution is 5.23. The molecule has 0 fully saturated rings. The highest BCUT2D eigenvalue weighted by Crippen LogP contribution is 2.11. The van der Waals surface area contributed by atoms with Gasteiger partial charge in [-0.1, -0.05) is 57.4 Å². The molecule has 1 rings (SSSR count). The molecule has 0 aromatic heterocycles. The van der Waals surface area contributed by atoms with E-state index >= 15 is 0 Å². The van der Waals surface area contributed by atoms with Crippen LogP contribution < -0.4 is 0 Å². The van der Waals surface area contributed by atoms with Crippen molar-refractivity contribution in [3.05, 3.63) is 35.4 Å². The summed E-state index contributed by atoms with van der Waals surface area (Å²) in [6.45, 7) is 4.52. The minimum absolute atomic E-state index is 1.25. The van der Waals surface area contributed by atoms with Gasteiger partial charge >= 0.3 is 0 Å². The van der Waals surface area contributed by atoms with Crippen LogP contribution >= 0.6 is 0 Å². The SMILES string of the molecule is CCCCCc1cccc(CCCC)c1. The fourth-order valence-corrected chi connectivity index (χ4v) is 1.90. The first kappa shape index (κ1) is 12.3. The number of benzene rings is 1. The van der Waals surface area contributed by atoms with Crippen LogP contribution in [0.5, 0.6) is 0 Å². The second-order valence-corrected chi connectivity index (χ2v) is 4.38. The van der Waals surface area contributed by atoms with Crippen LogP contribution in [0.4, 0.5) is 0 Å². The molecular formula is C15H24. The second kappa shape index (κ2) is 7.50. The van der Waals surface area contributed by atoms with Crippen molar-refractivity contribution in [1.82, 2.24) is 0 Å². The molecule has 0 N–H and O–H groups in total. The van der Waals surface area contributed by atoms with Gasteiger partial charge in [0.1, 0.15) is 0 Å². The Kier molecular flexibility index (Phi) is 6.15. The molecule has 1 aromatic carbocycles. The van der Waals surface area contributed by atoms with E-state index in [9.17, 15) is 0 Å². The van der Waals surface area contributed by atoms with E-state index < -0.39 is 0 Å². The molecule has 15 heavy (non-hydrogen) atoms. The van der Waals surface area contributed by atoms with E-state index in [2.05, 4.69) is 38.1 Å². The van der Waals surface area contributed by atoms with Gasteiger partial charge in [-0.2, -0.15) is 0 Å². The van der Waals surface area contributed by atoms with Crippen molar-refractivity contribution >= 4 is 0 Å². The van der Waals surface area contributed by atoms with E-state index in [0.29, 0.717) is 0 Å². The lowest BCUT2D eigenvalue weighted by Crippen LogP contribution is -1.89. The van der Waals surface area contributed by atoms with Crippen molar-refractivity contribution < 1.29 is 0 Å². The molecule has 0 spiro atoms. The molecule has 0 atom stereocenters. The molecule has 0 heterocycles. The molecule has 0 bridgehead atoms. The summed E-state index contributed by atoms with van der Waals surface area (Å²) in [6.07, 6.45) is 9.13. The zero-order chi connectivity index (χ0) is 10.9. The van der Waals surface area contributed by atoms with Gasteiger partial charge in [0.05, 0.1) is 0 Å². The highest BCUT2D eigenvalue weighted by Gasteiger charge is 1.96. The number of rotatable bonds is 7. The number of hydrogen-bond donors (Lipinski definition) is 0. The normalized spacial score (nSPS) is 10.5. The summed E-state index contributed by atoms with van der Waals surface area (Å²) in [5.41, 5.74) is 3.04. The van der Waals surface area contributed by atoms with E-state index in [-0.39, 0.29) is 0 Å². The monoisotopic (exact) mass is 204 g/mol. The zero-order valence-corrected chi connectivity index (χ0v) is 10.3. The van der Waals surface area contributed by atoms with Crippen LogP contribution in [0.25, 0.3) is 0 Å². The first-order valence-electron chi connectivity index (χ1n) is 6.44. The molecule has 84 valence electrons. The average Bonchev–Trinajstić information content (AvgIpc) is 2.27. The van der Waals surface area contributed by atoms with Gasteiger partial charge in [-0.15, -0.1) is 0 Å². The van der Waals surface area contributed by atoms with E-state index in [4.69, 9.17) is 0 Å². The van der Waals surface area contributed by atoms with E-state index in [1.807, 2.05) is 0 Å². The Labute approximate surface area is 94.7 Å². The van der Waals surface area contributed by atoms with E-state index in [1.54, 1.807) is 0 Å². The molecule has 0 heteroatoms. The Balaban J connectivity index is 2.42. The zero-order valence-electron chi connectivity index (χ0n) is 10.3. The Bertz CT molecular complexity index is 262. The summed E-state index contributed by atoms with van der Waals surface area (Å²) in [7, 11) is 0. The fourth-order valence-electron chi connectivity index (χ4n) is 1.90. The predicted molar refractivity (Wildman–Crippen MR) is 68.3 cm³/mol. The first-order valence-corrected chi connectivity index (χ1v) is 6.44. The van der Waals surface area contributed by atoms with Gasteiger partial charge in [0.15, 0.2) is 0 Å². The lowest BCUT2D eigenvalue weighted by Gasteiger charge is -2.04. The second-order valence-electron chi connectivity index (χ2n) is 4.38. The molecular weight excluding hydrogens is 180 g/mol. The number of unbranched alkanes of at least 4 members (excludes halogenated alkanes) is 3. The molecule has 0 saturated carbocycles. The van der Waals surface area contributed by atoms with E-state index in [0.717, 1.165) is 0 Å². The van der Waals surface area contributed by atoms with Crippen molar-refractivity contribution in [2.45, 2.75) is 58.8 Å². The minimum atomic E-state index is 1.25. The van der Waals surface area contributed by atoms with Crippen LogP contribution in [0, 0.1) is 0 Å². The Hall–Kier alpha value is -0.780. The van der Waals surface area contributed by atoms with Gasteiger partial charge in [-0.25, -0.2) is 0 Å². The Morgan fingerprint density at radius 2 is 1.40 bits per heavy atom. The molecule has 0 radical (unpaired) electrons. The third kappa shape index (κ3) is 5.01. The van der Waals surface area contributed by atoms with Gasteiger partial charge in [0.25, 0.3) is 0 Å². The number of hydrogen-bond acceptors (Lipinski definition) is 0. The topological polar surface area (TPSA) is 0 Å². The Morgan fingerprint density at radius 3 is 2.00 bits per heavy atom. The van der Waals surface area contributed by atoms with Crippen molar-refractivity contribution in [2.24, 2.45) is 0 Å². The molecule has 0 aliphatic carbocycles. The molecule has 0 unspecified atom stereocenters. The van der Waals surface area contributed by atoms with Crippen LogP contribution in [0.15, 0.2) is 24.3 Å². The van der Waals surface area contributed by atoms with Crippen molar-refractivity contribution in [2.75, 3.05) is 0 Å². The molecule has 1 aromatic rings. The maximum atomic E-state index is 2.39. The van der Waals surface area contributed by atoms with Crippen molar-refractivity contribution in [3.8, 4) is 0 Å². The minimum Gasteiger partial charge on any atom is -0.0654 e. The first-order chi connectivity index (χ1) is 7.36. The maximum absolute atomic E-state index is 2.39. The molecule has 0 aliphatic rings. The van der Waals surface area contributed by atoms with Gasteiger partial charge < -0.3 is 0 Å². The largest absolute Gasteiger partial charge is 0.0654 e. The van der Waals surface area contributed by atoms with Crippen LogP contribution in [0.3, 0.4) is 0 Å². The van der Waals surface area contributed by atoms with Crippen LogP contribution in [0.2, 0.25) is 0 Å². The number of aryl methyl sites for hydroxylation is 2. The third-order valence-electron chi connectivity index (χ3n) is 2.88. The van der Waals surface area contributed by atoms with E-state index in [1.165, 1.54) is 56.1 Å². The summed E-state index contributed by atoms with van der Waals surface area (Å²) >= 11 is 0. The average molecular weight is 204 g/mol. The van der Waals surface area contributed by atoms with Gasteiger partial charge in [0.2, 0.25) is 0 Å². The van der Waals surface area contributed by atoms with Gasteiger partial charge in [-0.05, 0) is 36.8 Å². The van der Waals surface area contributed by atoms with Crippen molar-refractivity contribution in [3.63, 3.8) is 0 Å². The van der Waals surface area contributed by atoms with Crippen LogP contribution in [0.1, 0.15) is 57.1 Å². The fraction of sp³-hybridized carbons (Fsp3) is 0.600. The molecule has 0 aliphatic heterocycles. The summed E-state index contributed by atoms with van der Waals surface area (Å²) in [5.74, 6) is 0. The highest BCUT2D eigenvalue weighted by atomic mass is 14.0. The van der Waals surface area contributed by atoms with Crippen molar-refractivity contribution in [1.29, 1.82) is 0 Å². The van der Waals surface area contributed by atoms with Crippen LogP contribution in [-0.2, 0) is 12.8 Å². The smallest absolute Gasteiger partial charge is 0.0279 e. The summed E-state index contributed by atoms with van der Waals surface area (Å²) in [5, 5.41) is 0. The molecule has 0 amide bonds. The van der Waals surface area contributed by atoms with Crippen LogP contribution in [-0.4, -0.2) is 0 Å². The molecule has 0 nitrogen and oxygen atoms in total. The molecule has 0 saturated heterocycles. The summed E-state index contributed by atoms with van der Waals surface area (Å²) < 4.78 is 0. The summed E-state index contributed by atoms with van der Waals surface area (Å²) in [6, 6.07) is 9.14. The van der Waals surface area contributed by atoms with Gasteiger partial charge in [-0.3, -0.25) is 0 Å². The maximum Gasteiger partial charge on any atom is -0.0279 e. The summed E-state index contributed by atoms with van der Waals surface area (Å²) in [4.78, 5) is 0. The third-order valence-corrected chi connectivity index (χ3v) is 2.88. The Morgan fingerprint density at radius 1 is 0.800 bits per heavy atom. The quantitative estimate of drug-likeness (QED) is 0.562. The predicted octanol–water partition coefficient (Wildman–Crippen LogP) is 4.76. The standard InChI is InChI=1S/C15H24/c1-3-5-7-10-15-12-8-11-14(13-15)9-6-4-2/h8,11-13H,3-7,9-10H2,1-2H3. The van der Waals surface area contributed by atoms with Gasteiger partial charge in [0, 0.05) is 0 Å².